The van der Waals surface area contributed by atoms with E-state index in [0.717, 1.165) is 0 Å². The highest BCUT2D eigenvalue weighted by atomic mass is 16.4. The summed E-state index contributed by atoms with van der Waals surface area (Å²) in [7, 11) is 0. The third-order valence-corrected chi connectivity index (χ3v) is 1.79. The molecule has 3 atom stereocenters. The molecule has 0 aromatic rings. The first-order chi connectivity index (χ1) is 6.04. The lowest BCUT2D eigenvalue weighted by molar-refractivity contribution is -0.141. The van der Waals surface area contributed by atoms with Crippen molar-refractivity contribution >= 4 is 5.78 Å². The Hall–Kier alpha value is -0.490. The van der Waals surface area contributed by atoms with Crippen LogP contribution < -0.4 is 0 Å². The Balaban J connectivity index is 4.07. The minimum absolute atomic E-state index is 0.303. The average molecular weight is 192 g/mol. The molecular weight excluding hydrogens is 176 g/mol. The number of aliphatic hydroxyl groups excluding tert-OH is 4. The van der Waals surface area contributed by atoms with Crippen LogP contribution in [0.15, 0.2) is 0 Å². The molecular formula is C8H16O5. The average Bonchev–Trinajstić information content (AvgIpc) is 2.14. The van der Waals surface area contributed by atoms with Gasteiger partial charge in [-0.1, -0.05) is 13.3 Å². The van der Waals surface area contributed by atoms with E-state index in [1.807, 2.05) is 0 Å². The van der Waals surface area contributed by atoms with Gasteiger partial charge in [-0.05, 0) is 6.42 Å². The highest BCUT2D eigenvalue weighted by molar-refractivity contribution is 5.84. The molecule has 0 radical (unpaired) electrons. The fraction of sp³-hybridized carbons (Fsp3) is 0.875. The molecule has 0 bridgehead atoms. The van der Waals surface area contributed by atoms with Gasteiger partial charge in [0.2, 0.25) is 0 Å². The summed E-state index contributed by atoms with van der Waals surface area (Å²) in [6, 6.07) is 0. The van der Waals surface area contributed by atoms with E-state index in [1.165, 1.54) is 0 Å². The van der Waals surface area contributed by atoms with Crippen molar-refractivity contribution in [2.75, 3.05) is 6.61 Å². The summed E-state index contributed by atoms with van der Waals surface area (Å²) < 4.78 is 0. The molecule has 0 aliphatic carbocycles. The number of Topliss-reactive ketones (excluding diaryl/α,β-unsaturated/α-hetero) is 1. The third kappa shape index (κ3) is 3.82. The van der Waals surface area contributed by atoms with Gasteiger partial charge in [0.15, 0.2) is 5.78 Å². The monoisotopic (exact) mass is 192 g/mol. The number of carbonyl (C=O) groups is 1. The normalized spacial score (nSPS) is 17.9. The van der Waals surface area contributed by atoms with Gasteiger partial charge in [-0.15, -0.1) is 0 Å². The van der Waals surface area contributed by atoms with E-state index in [4.69, 9.17) is 10.2 Å². The number of hydrogen-bond acceptors (Lipinski definition) is 5. The molecule has 0 rings (SSSR count). The van der Waals surface area contributed by atoms with Crippen molar-refractivity contribution in [1.29, 1.82) is 0 Å². The molecule has 0 amide bonds. The molecule has 5 heteroatoms. The second kappa shape index (κ2) is 6.04. The highest BCUT2D eigenvalue weighted by Gasteiger charge is 2.28. The van der Waals surface area contributed by atoms with Crippen LogP contribution in [0.1, 0.15) is 19.8 Å². The summed E-state index contributed by atoms with van der Waals surface area (Å²) in [4.78, 5) is 10.7. The number of aliphatic hydroxyl groups is 4. The summed E-state index contributed by atoms with van der Waals surface area (Å²) in [6.45, 7) is 0.966. The van der Waals surface area contributed by atoms with Crippen LogP contribution in [0.4, 0.5) is 0 Å². The van der Waals surface area contributed by atoms with Gasteiger partial charge in [0.1, 0.15) is 18.8 Å². The zero-order valence-corrected chi connectivity index (χ0v) is 7.55. The largest absolute Gasteiger partial charge is 0.390 e. The highest BCUT2D eigenvalue weighted by Crippen LogP contribution is 2.06. The number of ketones is 1. The number of rotatable bonds is 6. The number of hydrogen-bond donors (Lipinski definition) is 4. The quantitative estimate of drug-likeness (QED) is 0.407. The fourth-order valence-corrected chi connectivity index (χ4v) is 0.961. The van der Waals surface area contributed by atoms with Crippen molar-refractivity contribution in [2.24, 2.45) is 0 Å². The lowest BCUT2D eigenvalue weighted by Gasteiger charge is -2.20. The Kier molecular flexibility index (Phi) is 5.81. The first kappa shape index (κ1) is 12.5. The summed E-state index contributed by atoms with van der Waals surface area (Å²) >= 11 is 0. The van der Waals surface area contributed by atoms with Gasteiger partial charge < -0.3 is 20.4 Å². The van der Waals surface area contributed by atoms with Crippen LogP contribution in [0.3, 0.4) is 0 Å². The zero-order chi connectivity index (χ0) is 10.4. The maximum absolute atomic E-state index is 10.7. The second-order valence-corrected chi connectivity index (χ2v) is 2.92. The molecule has 0 spiro atoms. The summed E-state index contributed by atoms with van der Waals surface area (Å²) in [6.07, 6.45) is -3.41. The summed E-state index contributed by atoms with van der Waals surface area (Å²) in [5.41, 5.74) is 0. The number of carbonyl (C=O) groups excluding carboxylic acids is 1. The molecule has 5 nitrogen and oxygen atoms in total. The van der Waals surface area contributed by atoms with Crippen molar-refractivity contribution in [3.05, 3.63) is 0 Å². The van der Waals surface area contributed by atoms with Gasteiger partial charge in [-0.3, -0.25) is 4.79 Å². The van der Waals surface area contributed by atoms with Crippen molar-refractivity contribution in [2.45, 2.75) is 38.1 Å². The van der Waals surface area contributed by atoms with Gasteiger partial charge in [0, 0.05) is 0 Å². The van der Waals surface area contributed by atoms with Crippen molar-refractivity contribution < 1.29 is 25.2 Å². The topological polar surface area (TPSA) is 98.0 Å². The lowest BCUT2D eigenvalue weighted by Crippen LogP contribution is -2.43. The fourth-order valence-electron chi connectivity index (χ4n) is 0.961. The maximum atomic E-state index is 10.7. The maximum Gasteiger partial charge on any atom is 0.189 e. The van der Waals surface area contributed by atoms with E-state index >= 15 is 0 Å². The standard InChI is InChI=1S/C8H16O5/c1-2-3-5(10)7(12)8(13)6(11)4-9/h5,7-10,12-13H,2-4H2,1H3/t5-,7+,8+/m1/s1. The Labute approximate surface area is 76.6 Å². The molecule has 0 unspecified atom stereocenters. The van der Waals surface area contributed by atoms with Crippen LogP contribution in [-0.2, 0) is 4.79 Å². The molecule has 0 aromatic carbocycles. The van der Waals surface area contributed by atoms with Crippen LogP contribution in [0.5, 0.6) is 0 Å². The first-order valence-corrected chi connectivity index (χ1v) is 4.22. The van der Waals surface area contributed by atoms with Crippen LogP contribution in [0, 0.1) is 0 Å². The summed E-state index contributed by atoms with van der Waals surface area (Å²) in [5, 5.41) is 35.8. The molecule has 0 aromatic heterocycles. The molecule has 4 N–H and O–H groups in total. The third-order valence-electron chi connectivity index (χ3n) is 1.79. The second-order valence-electron chi connectivity index (χ2n) is 2.92. The Morgan fingerprint density at radius 1 is 1.31 bits per heavy atom. The van der Waals surface area contributed by atoms with Crippen molar-refractivity contribution in [3.63, 3.8) is 0 Å². The van der Waals surface area contributed by atoms with E-state index in [0.29, 0.717) is 12.8 Å². The van der Waals surface area contributed by atoms with Crippen LogP contribution in [-0.4, -0.2) is 51.1 Å². The van der Waals surface area contributed by atoms with Crippen molar-refractivity contribution in [3.8, 4) is 0 Å². The zero-order valence-electron chi connectivity index (χ0n) is 7.55. The lowest BCUT2D eigenvalue weighted by atomic mass is 10.0. The Morgan fingerprint density at radius 3 is 2.23 bits per heavy atom. The SMILES string of the molecule is CCC[C@@H](O)[C@H](O)[C@@H](O)C(=O)CO. The molecule has 0 fully saturated rings. The molecule has 0 saturated carbocycles. The van der Waals surface area contributed by atoms with Gasteiger partial charge in [-0.25, -0.2) is 0 Å². The molecule has 0 saturated heterocycles. The first-order valence-electron chi connectivity index (χ1n) is 4.22. The smallest absolute Gasteiger partial charge is 0.189 e. The summed E-state index contributed by atoms with van der Waals surface area (Å²) in [5.74, 6) is -0.886. The van der Waals surface area contributed by atoms with E-state index < -0.39 is 30.7 Å². The van der Waals surface area contributed by atoms with E-state index in [9.17, 15) is 15.0 Å². The molecule has 78 valence electrons. The van der Waals surface area contributed by atoms with E-state index in [1.54, 1.807) is 6.92 Å². The van der Waals surface area contributed by atoms with E-state index in [-0.39, 0.29) is 0 Å². The van der Waals surface area contributed by atoms with Gasteiger partial charge in [-0.2, -0.15) is 0 Å². The minimum atomic E-state index is -1.70. The van der Waals surface area contributed by atoms with Crippen LogP contribution in [0.2, 0.25) is 0 Å². The minimum Gasteiger partial charge on any atom is -0.390 e. The van der Waals surface area contributed by atoms with Gasteiger partial charge in [0.05, 0.1) is 6.10 Å². The van der Waals surface area contributed by atoms with Gasteiger partial charge >= 0.3 is 0 Å². The van der Waals surface area contributed by atoms with Crippen LogP contribution >= 0.6 is 0 Å². The molecule has 0 aliphatic rings. The Morgan fingerprint density at radius 2 is 1.85 bits per heavy atom. The van der Waals surface area contributed by atoms with Crippen LogP contribution in [0.25, 0.3) is 0 Å². The van der Waals surface area contributed by atoms with Gasteiger partial charge in [0.25, 0.3) is 0 Å². The molecule has 0 heterocycles. The van der Waals surface area contributed by atoms with Crippen molar-refractivity contribution in [1.82, 2.24) is 0 Å². The van der Waals surface area contributed by atoms with E-state index in [2.05, 4.69) is 0 Å². The predicted octanol–water partition coefficient (Wildman–Crippen LogP) is -1.57. The molecule has 0 aliphatic heterocycles. The molecule has 13 heavy (non-hydrogen) atoms. The Bertz CT molecular complexity index is 159. The predicted molar refractivity (Wildman–Crippen MR) is 45.0 cm³/mol.